The van der Waals surface area contributed by atoms with E-state index in [4.69, 9.17) is 11.6 Å². The molecule has 0 spiro atoms. The van der Waals surface area contributed by atoms with Crippen molar-refractivity contribution in [3.05, 3.63) is 0 Å². The smallest absolute Gasteiger partial charge is 0.0489 e. The Morgan fingerprint density at radius 3 is 2.71 bits per heavy atom. The molecule has 2 heterocycles. The van der Waals surface area contributed by atoms with Crippen molar-refractivity contribution in [1.82, 2.24) is 9.80 Å². The number of alkyl halides is 1. The molecule has 0 saturated carbocycles. The van der Waals surface area contributed by atoms with Gasteiger partial charge < -0.3 is 9.80 Å². The summed E-state index contributed by atoms with van der Waals surface area (Å²) in [5, 5.41) is 0.368. The standard InChI is InChI=1S/C14H27ClN2/c1-12-6-9-17(11-14(12)15)10-7-13-5-3-4-8-16(13)2/h12-14H,3-11H2,1-2H3. The molecule has 0 aromatic rings. The van der Waals surface area contributed by atoms with Gasteiger partial charge in [0.1, 0.15) is 0 Å². The molecular weight excluding hydrogens is 232 g/mol. The van der Waals surface area contributed by atoms with Crippen LogP contribution in [-0.2, 0) is 0 Å². The summed E-state index contributed by atoms with van der Waals surface area (Å²) < 4.78 is 0. The van der Waals surface area contributed by atoms with Crippen molar-refractivity contribution in [2.24, 2.45) is 5.92 Å². The van der Waals surface area contributed by atoms with Gasteiger partial charge in [0.25, 0.3) is 0 Å². The molecule has 2 aliphatic rings. The lowest BCUT2D eigenvalue weighted by Gasteiger charge is -2.37. The predicted octanol–water partition coefficient (Wildman–Crippen LogP) is 2.81. The van der Waals surface area contributed by atoms with Crippen molar-refractivity contribution in [3.63, 3.8) is 0 Å². The third-order valence-electron chi connectivity index (χ3n) is 4.65. The monoisotopic (exact) mass is 258 g/mol. The van der Waals surface area contributed by atoms with Gasteiger partial charge in [0.2, 0.25) is 0 Å². The first kappa shape index (κ1) is 13.6. The molecule has 2 nitrogen and oxygen atoms in total. The molecule has 100 valence electrons. The summed E-state index contributed by atoms with van der Waals surface area (Å²) in [4.78, 5) is 5.12. The maximum Gasteiger partial charge on any atom is 0.0489 e. The van der Waals surface area contributed by atoms with Crippen molar-refractivity contribution in [2.75, 3.05) is 33.2 Å². The number of halogens is 1. The highest BCUT2D eigenvalue weighted by molar-refractivity contribution is 6.21. The van der Waals surface area contributed by atoms with Crippen LogP contribution < -0.4 is 0 Å². The van der Waals surface area contributed by atoms with E-state index in [-0.39, 0.29) is 0 Å². The van der Waals surface area contributed by atoms with Gasteiger partial charge in [-0.25, -0.2) is 0 Å². The largest absolute Gasteiger partial charge is 0.303 e. The molecule has 2 aliphatic heterocycles. The second kappa shape index (κ2) is 6.40. The van der Waals surface area contributed by atoms with Crippen molar-refractivity contribution in [2.45, 2.75) is 50.4 Å². The average Bonchev–Trinajstić information content (AvgIpc) is 2.32. The summed E-state index contributed by atoms with van der Waals surface area (Å²) in [7, 11) is 2.28. The molecule has 2 rings (SSSR count). The van der Waals surface area contributed by atoms with Crippen molar-refractivity contribution >= 4 is 11.6 Å². The minimum atomic E-state index is 0.368. The number of piperidine rings is 2. The minimum absolute atomic E-state index is 0.368. The normalized spacial score (nSPS) is 37.2. The lowest BCUT2D eigenvalue weighted by atomic mass is 9.96. The van der Waals surface area contributed by atoms with Crippen molar-refractivity contribution < 1.29 is 0 Å². The van der Waals surface area contributed by atoms with Gasteiger partial charge in [0.05, 0.1) is 0 Å². The molecule has 0 N–H and O–H groups in total. The first-order valence-corrected chi connectivity index (χ1v) is 7.67. The summed E-state index contributed by atoms with van der Waals surface area (Å²) in [6.07, 6.45) is 6.80. The van der Waals surface area contributed by atoms with Gasteiger partial charge in [-0.2, -0.15) is 0 Å². The van der Waals surface area contributed by atoms with Crippen molar-refractivity contribution in [1.29, 1.82) is 0 Å². The third-order valence-corrected chi connectivity index (χ3v) is 5.22. The Kier molecular flexibility index (Phi) is 5.13. The first-order chi connectivity index (χ1) is 8.16. The van der Waals surface area contributed by atoms with E-state index >= 15 is 0 Å². The quantitative estimate of drug-likeness (QED) is 0.719. The number of hydrogen-bond donors (Lipinski definition) is 0. The Hall–Kier alpha value is 0.210. The molecule has 0 aliphatic carbocycles. The molecule has 3 atom stereocenters. The van der Waals surface area contributed by atoms with Gasteiger partial charge in [0, 0.05) is 18.0 Å². The number of likely N-dealkylation sites (tertiary alicyclic amines) is 2. The van der Waals surface area contributed by atoms with Crippen LogP contribution in [0.4, 0.5) is 0 Å². The van der Waals surface area contributed by atoms with E-state index in [9.17, 15) is 0 Å². The highest BCUT2D eigenvalue weighted by Gasteiger charge is 2.25. The van der Waals surface area contributed by atoms with Gasteiger partial charge in [-0.15, -0.1) is 11.6 Å². The third kappa shape index (κ3) is 3.84. The molecule has 17 heavy (non-hydrogen) atoms. The Morgan fingerprint density at radius 1 is 1.18 bits per heavy atom. The molecule has 0 radical (unpaired) electrons. The van der Waals surface area contributed by atoms with Gasteiger partial charge in [-0.3, -0.25) is 0 Å². The van der Waals surface area contributed by atoms with E-state index in [1.165, 1.54) is 51.7 Å². The predicted molar refractivity (Wildman–Crippen MR) is 74.7 cm³/mol. The maximum atomic E-state index is 6.36. The topological polar surface area (TPSA) is 6.48 Å². The second-order valence-electron chi connectivity index (χ2n) is 6.00. The summed E-state index contributed by atoms with van der Waals surface area (Å²) in [5.74, 6) is 0.699. The van der Waals surface area contributed by atoms with E-state index in [1.807, 2.05) is 0 Å². The summed E-state index contributed by atoms with van der Waals surface area (Å²) in [6, 6.07) is 0.817. The number of rotatable bonds is 3. The Bertz CT molecular complexity index is 234. The van der Waals surface area contributed by atoms with Crippen molar-refractivity contribution in [3.8, 4) is 0 Å². The lowest BCUT2D eigenvalue weighted by molar-refractivity contribution is 0.137. The second-order valence-corrected chi connectivity index (χ2v) is 6.56. The maximum absolute atomic E-state index is 6.36. The van der Waals surface area contributed by atoms with Gasteiger partial charge >= 0.3 is 0 Å². The van der Waals surface area contributed by atoms with Gasteiger partial charge in [-0.05, 0) is 58.3 Å². The van der Waals surface area contributed by atoms with E-state index in [0.29, 0.717) is 11.3 Å². The van der Waals surface area contributed by atoms with Crippen LogP contribution in [0, 0.1) is 5.92 Å². The highest BCUT2D eigenvalue weighted by Crippen LogP contribution is 2.23. The molecule has 3 unspecified atom stereocenters. The van der Waals surface area contributed by atoms with Gasteiger partial charge in [0.15, 0.2) is 0 Å². The van der Waals surface area contributed by atoms with E-state index in [1.54, 1.807) is 0 Å². The lowest BCUT2D eigenvalue weighted by Crippen LogP contribution is -2.43. The Balaban J connectivity index is 1.71. The fraction of sp³-hybridized carbons (Fsp3) is 1.00. The van der Waals surface area contributed by atoms with Crippen LogP contribution >= 0.6 is 11.6 Å². The molecule has 0 aromatic heterocycles. The number of nitrogens with zero attached hydrogens (tertiary/aromatic N) is 2. The van der Waals surface area contributed by atoms with Crippen LogP contribution in [0.3, 0.4) is 0 Å². The Labute approximate surface area is 111 Å². The van der Waals surface area contributed by atoms with E-state index in [2.05, 4.69) is 23.8 Å². The fourth-order valence-corrected chi connectivity index (χ4v) is 3.45. The van der Waals surface area contributed by atoms with Crippen LogP contribution in [0.2, 0.25) is 0 Å². The van der Waals surface area contributed by atoms with E-state index < -0.39 is 0 Å². The highest BCUT2D eigenvalue weighted by atomic mass is 35.5. The minimum Gasteiger partial charge on any atom is -0.303 e. The summed E-state index contributed by atoms with van der Waals surface area (Å²) >= 11 is 6.36. The van der Waals surface area contributed by atoms with Gasteiger partial charge in [-0.1, -0.05) is 13.3 Å². The molecule has 2 saturated heterocycles. The van der Waals surface area contributed by atoms with Crippen LogP contribution in [-0.4, -0.2) is 54.4 Å². The molecule has 3 heteroatoms. The molecule has 0 amide bonds. The summed E-state index contributed by atoms with van der Waals surface area (Å²) in [5.41, 5.74) is 0. The van der Waals surface area contributed by atoms with Crippen LogP contribution in [0.15, 0.2) is 0 Å². The molecule has 2 fully saturated rings. The molecule has 0 aromatic carbocycles. The molecular formula is C14H27ClN2. The zero-order valence-corrected chi connectivity index (χ0v) is 12.1. The fourth-order valence-electron chi connectivity index (χ4n) is 3.13. The zero-order chi connectivity index (χ0) is 12.3. The van der Waals surface area contributed by atoms with Crippen LogP contribution in [0.1, 0.15) is 39.0 Å². The zero-order valence-electron chi connectivity index (χ0n) is 11.4. The summed E-state index contributed by atoms with van der Waals surface area (Å²) in [6.45, 7) is 7.16. The first-order valence-electron chi connectivity index (χ1n) is 7.23. The average molecular weight is 259 g/mol. The van der Waals surface area contributed by atoms with E-state index in [0.717, 1.165) is 12.6 Å². The Morgan fingerprint density at radius 2 is 2.00 bits per heavy atom. The van der Waals surface area contributed by atoms with Crippen LogP contribution in [0.25, 0.3) is 0 Å². The SMILES string of the molecule is CC1CCN(CCC2CCCCN2C)CC1Cl. The van der Waals surface area contributed by atoms with Crippen LogP contribution in [0.5, 0.6) is 0 Å². The molecule has 0 bridgehead atoms. The number of hydrogen-bond acceptors (Lipinski definition) is 2.